The van der Waals surface area contributed by atoms with Gasteiger partial charge in [0.1, 0.15) is 5.75 Å². The summed E-state index contributed by atoms with van der Waals surface area (Å²) in [6.45, 7) is 2.81. The lowest BCUT2D eigenvalue weighted by atomic mass is 10.2. The van der Waals surface area contributed by atoms with Crippen molar-refractivity contribution in [2.24, 2.45) is 11.7 Å². The Morgan fingerprint density at radius 3 is 2.33 bits per heavy atom. The van der Waals surface area contributed by atoms with E-state index >= 15 is 0 Å². The summed E-state index contributed by atoms with van der Waals surface area (Å²) in [6.07, 6.45) is 2.12. The fourth-order valence-corrected chi connectivity index (χ4v) is 3.77. The number of hydrogen-bond donors (Lipinski definition) is 1. The van der Waals surface area contributed by atoms with Gasteiger partial charge in [-0.05, 0) is 49.9 Å². The lowest BCUT2D eigenvalue weighted by Crippen LogP contribution is -2.43. The van der Waals surface area contributed by atoms with Crippen molar-refractivity contribution in [3.8, 4) is 5.75 Å². The number of ether oxygens (including phenoxy) is 1. The maximum atomic E-state index is 12.6. The highest BCUT2D eigenvalue weighted by molar-refractivity contribution is 7.89. The Morgan fingerprint density at radius 1 is 1.33 bits per heavy atom. The van der Waals surface area contributed by atoms with Gasteiger partial charge in [-0.1, -0.05) is 0 Å². The van der Waals surface area contributed by atoms with Gasteiger partial charge in [0.25, 0.3) is 0 Å². The molecule has 0 radical (unpaired) electrons. The van der Waals surface area contributed by atoms with Gasteiger partial charge in [-0.2, -0.15) is 4.31 Å². The third-order valence-corrected chi connectivity index (χ3v) is 5.58. The molecule has 0 bridgehead atoms. The first-order chi connectivity index (χ1) is 9.50. The fraction of sp³-hybridized carbons (Fsp3) is 0.571. The Bertz CT molecular complexity index is 544. The van der Waals surface area contributed by atoms with Crippen molar-refractivity contribution in [3.05, 3.63) is 24.3 Å². The van der Waals surface area contributed by atoms with Crippen LogP contribution in [0.5, 0.6) is 5.75 Å². The minimum atomic E-state index is -3.49. The second kappa shape index (κ2) is 7.45. The number of sulfonamides is 1. The van der Waals surface area contributed by atoms with Gasteiger partial charge >= 0.3 is 0 Å². The standard InChI is InChI=1S/C14H22N2O3S.ClH/c1-3-19-12-6-8-13(9-7-12)20(17,18)16(2)14(10-15)11-4-5-11;/h6-9,11,14H,3-5,10,15H2,1-2H3;1H. The molecule has 5 nitrogen and oxygen atoms in total. The monoisotopic (exact) mass is 334 g/mol. The lowest BCUT2D eigenvalue weighted by molar-refractivity contribution is 0.338. The zero-order valence-corrected chi connectivity index (χ0v) is 14.0. The topological polar surface area (TPSA) is 72.6 Å². The van der Waals surface area contributed by atoms with Crippen molar-refractivity contribution in [3.63, 3.8) is 0 Å². The molecule has 1 aromatic rings. The first-order valence-corrected chi connectivity index (χ1v) is 8.35. The van der Waals surface area contributed by atoms with Crippen molar-refractivity contribution >= 4 is 22.4 Å². The summed E-state index contributed by atoms with van der Waals surface area (Å²) in [4.78, 5) is 0.280. The molecule has 1 unspecified atom stereocenters. The van der Waals surface area contributed by atoms with Crippen LogP contribution in [-0.4, -0.2) is 39.0 Å². The summed E-state index contributed by atoms with van der Waals surface area (Å²) in [5.74, 6) is 1.08. The van der Waals surface area contributed by atoms with Crippen LogP contribution in [0.15, 0.2) is 29.2 Å². The van der Waals surface area contributed by atoms with E-state index in [0.29, 0.717) is 24.8 Å². The summed E-state index contributed by atoms with van der Waals surface area (Å²) in [5.41, 5.74) is 5.73. The van der Waals surface area contributed by atoms with Crippen LogP contribution in [0.1, 0.15) is 19.8 Å². The maximum Gasteiger partial charge on any atom is 0.243 e. The molecular weight excluding hydrogens is 312 g/mol. The van der Waals surface area contributed by atoms with Crippen LogP contribution >= 0.6 is 12.4 Å². The van der Waals surface area contributed by atoms with Crippen LogP contribution in [0, 0.1) is 5.92 Å². The molecule has 0 spiro atoms. The van der Waals surface area contributed by atoms with Crippen molar-refractivity contribution in [1.82, 2.24) is 4.31 Å². The summed E-state index contributed by atoms with van der Waals surface area (Å²) < 4.78 is 31.9. The fourth-order valence-electron chi connectivity index (χ4n) is 2.34. The van der Waals surface area contributed by atoms with Crippen molar-refractivity contribution in [2.45, 2.75) is 30.7 Å². The Kier molecular flexibility index (Phi) is 6.46. The van der Waals surface area contributed by atoms with Crippen LogP contribution in [0.25, 0.3) is 0 Å². The number of nitrogens with two attached hydrogens (primary N) is 1. The first-order valence-electron chi connectivity index (χ1n) is 6.91. The number of rotatable bonds is 7. The summed E-state index contributed by atoms with van der Waals surface area (Å²) in [6, 6.07) is 6.42. The highest BCUT2D eigenvalue weighted by Gasteiger charge is 2.38. The number of likely N-dealkylation sites (N-methyl/N-ethyl adjacent to an activating group) is 1. The molecule has 1 aromatic carbocycles. The molecule has 2 rings (SSSR count). The molecule has 0 heterocycles. The molecule has 1 aliphatic carbocycles. The quantitative estimate of drug-likeness (QED) is 0.826. The molecular formula is C14H23ClN2O3S. The summed E-state index contributed by atoms with van der Waals surface area (Å²) in [7, 11) is -1.88. The smallest absolute Gasteiger partial charge is 0.243 e. The van der Waals surface area contributed by atoms with Gasteiger partial charge in [-0.15, -0.1) is 12.4 Å². The van der Waals surface area contributed by atoms with Crippen LogP contribution in [0.2, 0.25) is 0 Å². The van der Waals surface area contributed by atoms with E-state index < -0.39 is 10.0 Å². The van der Waals surface area contributed by atoms with Crippen molar-refractivity contribution < 1.29 is 13.2 Å². The second-order valence-corrected chi connectivity index (χ2v) is 7.06. The molecule has 7 heteroatoms. The Morgan fingerprint density at radius 2 is 1.90 bits per heavy atom. The van der Waals surface area contributed by atoms with Crippen molar-refractivity contribution in [2.75, 3.05) is 20.2 Å². The Hall–Kier alpha value is -0.820. The van der Waals surface area contributed by atoms with E-state index in [0.717, 1.165) is 12.8 Å². The van der Waals surface area contributed by atoms with Gasteiger partial charge in [0.2, 0.25) is 10.0 Å². The molecule has 1 atom stereocenters. The minimum absolute atomic E-state index is 0. The van der Waals surface area contributed by atoms with Gasteiger partial charge < -0.3 is 10.5 Å². The van der Waals surface area contributed by atoms with E-state index in [-0.39, 0.29) is 23.3 Å². The van der Waals surface area contributed by atoms with E-state index in [9.17, 15) is 8.42 Å². The number of hydrogen-bond acceptors (Lipinski definition) is 4. The van der Waals surface area contributed by atoms with E-state index in [4.69, 9.17) is 10.5 Å². The predicted molar refractivity (Wildman–Crippen MR) is 85.4 cm³/mol. The Balaban J connectivity index is 0.00000220. The number of benzene rings is 1. The lowest BCUT2D eigenvalue weighted by Gasteiger charge is -2.26. The highest BCUT2D eigenvalue weighted by atomic mass is 35.5. The summed E-state index contributed by atoms with van der Waals surface area (Å²) in [5, 5.41) is 0. The first kappa shape index (κ1) is 18.2. The van der Waals surface area contributed by atoms with Crippen LogP contribution < -0.4 is 10.5 Å². The normalized spacial score (nSPS) is 16.4. The van der Waals surface area contributed by atoms with E-state index in [1.54, 1.807) is 31.3 Å². The molecule has 2 N–H and O–H groups in total. The SMILES string of the molecule is CCOc1ccc(S(=O)(=O)N(C)C(CN)C2CC2)cc1.Cl. The molecule has 0 aromatic heterocycles. The van der Waals surface area contributed by atoms with Crippen LogP contribution in [0.4, 0.5) is 0 Å². The second-order valence-electron chi connectivity index (χ2n) is 5.07. The van der Waals surface area contributed by atoms with Gasteiger partial charge in [-0.25, -0.2) is 8.42 Å². The average molecular weight is 335 g/mol. The van der Waals surface area contributed by atoms with E-state index in [2.05, 4.69) is 0 Å². The minimum Gasteiger partial charge on any atom is -0.494 e. The predicted octanol–water partition coefficient (Wildman–Crippen LogP) is 1.86. The van der Waals surface area contributed by atoms with E-state index in [1.807, 2.05) is 6.92 Å². The molecule has 0 saturated heterocycles. The molecule has 0 aliphatic heterocycles. The molecule has 1 saturated carbocycles. The van der Waals surface area contributed by atoms with Gasteiger partial charge in [-0.3, -0.25) is 0 Å². The third-order valence-electron chi connectivity index (χ3n) is 3.69. The van der Waals surface area contributed by atoms with Gasteiger partial charge in [0.05, 0.1) is 11.5 Å². The van der Waals surface area contributed by atoms with Crippen LogP contribution in [0.3, 0.4) is 0 Å². The molecule has 1 fully saturated rings. The largest absolute Gasteiger partial charge is 0.494 e. The van der Waals surface area contributed by atoms with E-state index in [1.165, 1.54) is 4.31 Å². The maximum absolute atomic E-state index is 12.6. The zero-order chi connectivity index (χ0) is 14.8. The zero-order valence-electron chi connectivity index (χ0n) is 12.4. The summed E-state index contributed by atoms with van der Waals surface area (Å²) >= 11 is 0. The number of nitrogens with zero attached hydrogens (tertiary/aromatic N) is 1. The van der Waals surface area contributed by atoms with Gasteiger partial charge in [0.15, 0.2) is 0 Å². The Labute approximate surface area is 132 Å². The molecule has 120 valence electrons. The van der Waals surface area contributed by atoms with Crippen molar-refractivity contribution in [1.29, 1.82) is 0 Å². The molecule has 0 amide bonds. The molecule has 21 heavy (non-hydrogen) atoms. The number of halogens is 1. The molecule has 1 aliphatic rings. The van der Waals surface area contributed by atoms with Crippen LogP contribution in [-0.2, 0) is 10.0 Å². The highest BCUT2D eigenvalue weighted by Crippen LogP contribution is 2.36. The average Bonchev–Trinajstić information content (AvgIpc) is 3.25. The third kappa shape index (κ3) is 4.10. The van der Waals surface area contributed by atoms with Gasteiger partial charge in [0, 0.05) is 19.6 Å².